The molecule has 18 heavy (non-hydrogen) atoms. The van der Waals surface area contributed by atoms with Crippen molar-refractivity contribution < 1.29 is 9.66 Å². The minimum Gasteiger partial charge on any atom is -0.497 e. The highest BCUT2D eigenvalue weighted by atomic mass is 32.2. The van der Waals surface area contributed by atoms with Gasteiger partial charge in [0.15, 0.2) is 5.16 Å². The summed E-state index contributed by atoms with van der Waals surface area (Å²) < 4.78 is 5.10. The first-order chi connectivity index (χ1) is 8.69. The molecule has 0 amide bonds. The number of hydrogen-bond acceptors (Lipinski definition) is 6. The van der Waals surface area contributed by atoms with Gasteiger partial charge in [0.2, 0.25) is 0 Å². The fraction of sp³-hybridized carbons (Fsp3) is 0.0909. The summed E-state index contributed by atoms with van der Waals surface area (Å²) in [5.41, 5.74) is -0.120. The lowest BCUT2D eigenvalue weighted by molar-refractivity contribution is -0.385. The molecule has 0 aliphatic heterocycles. The quantitative estimate of drug-likeness (QED) is 0.479. The second-order valence-corrected chi connectivity index (χ2v) is 4.30. The monoisotopic (exact) mass is 263 g/mol. The second kappa shape index (κ2) is 5.46. The highest BCUT2D eigenvalue weighted by Gasteiger charge is 2.07. The van der Waals surface area contributed by atoms with Crippen molar-refractivity contribution in [2.24, 2.45) is 0 Å². The molecule has 0 bridgehead atoms. The smallest absolute Gasteiger partial charge is 0.305 e. The molecule has 2 rings (SSSR count). The maximum atomic E-state index is 10.5. The van der Waals surface area contributed by atoms with Crippen molar-refractivity contribution in [1.82, 2.24) is 9.97 Å². The number of benzene rings is 1. The molecule has 1 aromatic heterocycles. The summed E-state index contributed by atoms with van der Waals surface area (Å²) in [6.07, 6.45) is 2.38. The maximum Gasteiger partial charge on any atom is 0.305 e. The van der Waals surface area contributed by atoms with Crippen LogP contribution in [0.25, 0.3) is 0 Å². The lowest BCUT2D eigenvalue weighted by Crippen LogP contribution is -1.92. The number of nitrogens with zero attached hydrogens (tertiary/aromatic N) is 3. The summed E-state index contributed by atoms with van der Waals surface area (Å²) >= 11 is 1.31. The zero-order chi connectivity index (χ0) is 13.0. The average Bonchev–Trinajstić information content (AvgIpc) is 2.39. The summed E-state index contributed by atoms with van der Waals surface area (Å²) in [4.78, 5) is 18.7. The van der Waals surface area contributed by atoms with Crippen LogP contribution in [0.4, 0.5) is 5.69 Å². The fourth-order valence-corrected chi connectivity index (χ4v) is 1.97. The minimum atomic E-state index is -0.528. The Kier molecular flexibility index (Phi) is 3.73. The molecule has 0 radical (unpaired) electrons. The Hall–Kier alpha value is -2.15. The Morgan fingerprint density at radius 3 is 2.67 bits per heavy atom. The molecule has 0 saturated carbocycles. The normalized spacial score (nSPS) is 10.1. The van der Waals surface area contributed by atoms with Gasteiger partial charge >= 0.3 is 5.69 Å². The van der Waals surface area contributed by atoms with E-state index in [2.05, 4.69) is 9.97 Å². The highest BCUT2D eigenvalue weighted by Crippen LogP contribution is 2.27. The van der Waals surface area contributed by atoms with Crippen molar-refractivity contribution in [3.8, 4) is 5.75 Å². The van der Waals surface area contributed by atoms with Crippen LogP contribution in [-0.4, -0.2) is 22.0 Å². The third-order valence-corrected chi connectivity index (χ3v) is 2.96. The van der Waals surface area contributed by atoms with Crippen LogP contribution in [0, 0.1) is 10.1 Å². The molecule has 0 saturated heterocycles. The van der Waals surface area contributed by atoms with E-state index in [4.69, 9.17) is 4.74 Å². The van der Waals surface area contributed by atoms with Gasteiger partial charge in [0, 0.05) is 4.90 Å². The molecule has 6 nitrogen and oxygen atoms in total. The van der Waals surface area contributed by atoms with Crippen molar-refractivity contribution in [2.75, 3.05) is 7.11 Å². The van der Waals surface area contributed by atoms with Crippen LogP contribution in [0.2, 0.25) is 0 Å². The maximum absolute atomic E-state index is 10.5. The van der Waals surface area contributed by atoms with E-state index in [9.17, 15) is 10.1 Å². The van der Waals surface area contributed by atoms with E-state index in [1.54, 1.807) is 7.11 Å². The number of hydrogen-bond donors (Lipinski definition) is 0. The molecular formula is C11H9N3O3S. The van der Waals surface area contributed by atoms with Crippen LogP contribution in [0.5, 0.6) is 5.75 Å². The third kappa shape index (κ3) is 2.95. The van der Waals surface area contributed by atoms with Gasteiger partial charge in [-0.05, 0) is 30.0 Å². The number of nitro groups is 1. The number of rotatable bonds is 4. The molecule has 7 heteroatoms. The van der Waals surface area contributed by atoms with Crippen molar-refractivity contribution in [1.29, 1.82) is 0 Å². The van der Waals surface area contributed by atoms with Crippen LogP contribution in [0.3, 0.4) is 0 Å². The van der Waals surface area contributed by atoms with Crippen LogP contribution >= 0.6 is 11.8 Å². The van der Waals surface area contributed by atoms with E-state index in [0.29, 0.717) is 5.16 Å². The summed E-state index contributed by atoms with van der Waals surface area (Å²) in [5.74, 6) is 0.738. The van der Waals surface area contributed by atoms with Crippen molar-refractivity contribution >= 4 is 17.4 Å². The summed E-state index contributed by atoms with van der Waals surface area (Å²) in [7, 11) is 1.59. The SMILES string of the molecule is COc1cccc(Sc2ncc([N+](=O)[O-])cn2)c1. The van der Waals surface area contributed by atoms with Gasteiger partial charge in [-0.3, -0.25) is 10.1 Å². The van der Waals surface area contributed by atoms with E-state index in [1.807, 2.05) is 24.3 Å². The Bertz CT molecular complexity index is 560. The highest BCUT2D eigenvalue weighted by molar-refractivity contribution is 7.99. The van der Waals surface area contributed by atoms with Crippen LogP contribution in [0.1, 0.15) is 0 Å². The molecular weight excluding hydrogens is 254 g/mol. The molecule has 0 spiro atoms. The minimum absolute atomic E-state index is 0.120. The number of ether oxygens (including phenoxy) is 1. The fourth-order valence-electron chi connectivity index (χ4n) is 1.23. The molecule has 92 valence electrons. The van der Waals surface area contributed by atoms with Crippen molar-refractivity contribution in [3.63, 3.8) is 0 Å². The van der Waals surface area contributed by atoms with Gasteiger partial charge in [-0.2, -0.15) is 0 Å². The first kappa shape index (κ1) is 12.3. The molecule has 1 aromatic carbocycles. The molecule has 0 unspecified atom stereocenters. The Labute approximate surface area is 107 Å². The first-order valence-corrected chi connectivity index (χ1v) is 5.79. The first-order valence-electron chi connectivity index (χ1n) is 4.97. The zero-order valence-corrected chi connectivity index (χ0v) is 10.3. The van der Waals surface area contributed by atoms with Gasteiger partial charge in [-0.1, -0.05) is 6.07 Å². The van der Waals surface area contributed by atoms with Crippen LogP contribution < -0.4 is 4.74 Å². The van der Waals surface area contributed by atoms with Gasteiger partial charge in [0.25, 0.3) is 0 Å². The van der Waals surface area contributed by atoms with E-state index in [-0.39, 0.29) is 5.69 Å². The Balaban J connectivity index is 2.15. The van der Waals surface area contributed by atoms with Crippen LogP contribution in [-0.2, 0) is 0 Å². The standard InChI is InChI=1S/C11H9N3O3S/c1-17-9-3-2-4-10(5-9)18-11-12-6-8(7-13-11)14(15)16/h2-7H,1H3. The van der Waals surface area contributed by atoms with Crippen molar-refractivity contribution in [2.45, 2.75) is 10.1 Å². The zero-order valence-electron chi connectivity index (χ0n) is 9.44. The summed E-state index contributed by atoms with van der Waals surface area (Å²) in [5, 5.41) is 10.9. The van der Waals surface area contributed by atoms with Gasteiger partial charge in [0.05, 0.1) is 12.0 Å². The largest absolute Gasteiger partial charge is 0.497 e. The van der Waals surface area contributed by atoms with Crippen molar-refractivity contribution in [3.05, 3.63) is 46.8 Å². The second-order valence-electron chi connectivity index (χ2n) is 3.26. The predicted molar refractivity (Wildman–Crippen MR) is 65.8 cm³/mol. The lowest BCUT2D eigenvalue weighted by Gasteiger charge is -2.02. The van der Waals surface area contributed by atoms with Gasteiger partial charge < -0.3 is 4.74 Å². The van der Waals surface area contributed by atoms with Crippen LogP contribution in [0.15, 0.2) is 46.7 Å². The van der Waals surface area contributed by atoms with E-state index >= 15 is 0 Å². The summed E-state index contributed by atoms with van der Waals surface area (Å²) in [6.45, 7) is 0. The third-order valence-electron chi connectivity index (χ3n) is 2.08. The molecule has 2 aromatic rings. The molecule has 0 aliphatic rings. The molecule has 1 heterocycles. The molecule has 0 atom stereocenters. The number of methoxy groups -OCH3 is 1. The topological polar surface area (TPSA) is 78.2 Å². The van der Waals surface area contributed by atoms with E-state index in [1.165, 1.54) is 24.2 Å². The average molecular weight is 263 g/mol. The lowest BCUT2D eigenvalue weighted by atomic mass is 10.3. The predicted octanol–water partition coefficient (Wildman–Crippen LogP) is 2.54. The number of aromatic nitrogens is 2. The van der Waals surface area contributed by atoms with Gasteiger partial charge in [-0.25, -0.2) is 9.97 Å². The Morgan fingerprint density at radius 2 is 2.06 bits per heavy atom. The molecule has 0 fully saturated rings. The van der Waals surface area contributed by atoms with E-state index < -0.39 is 4.92 Å². The van der Waals surface area contributed by atoms with Gasteiger partial charge in [0.1, 0.15) is 18.1 Å². The summed E-state index contributed by atoms with van der Waals surface area (Å²) in [6, 6.07) is 7.42. The Morgan fingerprint density at radius 1 is 1.33 bits per heavy atom. The molecule has 0 aliphatic carbocycles. The van der Waals surface area contributed by atoms with Gasteiger partial charge in [-0.15, -0.1) is 0 Å². The molecule has 0 N–H and O–H groups in total. The van der Waals surface area contributed by atoms with E-state index in [0.717, 1.165) is 10.6 Å².